The van der Waals surface area contributed by atoms with Gasteiger partial charge in [0.25, 0.3) is 0 Å². The lowest BCUT2D eigenvalue weighted by molar-refractivity contribution is -0.135. The number of carbonyl (C=O) groups is 1. The van der Waals surface area contributed by atoms with Crippen LogP contribution in [0.5, 0.6) is 0 Å². The second kappa shape index (κ2) is 6.24. The van der Waals surface area contributed by atoms with Crippen molar-refractivity contribution in [3.8, 4) is 0 Å². The van der Waals surface area contributed by atoms with E-state index in [0.717, 1.165) is 5.69 Å². The van der Waals surface area contributed by atoms with Crippen molar-refractivity contribution in [2.45, 2.75) is 20.4 Å². The topological polar surface area (TPSA) is 40.5 Å². The highest BCUT2D eigenvalue weighted by atomic mass is 16.4. The van der Waals surface area contributed by atoms with Gasteiger partial charge in [-0.3, -0.25) is 4.79 Å². The minimum atomic E-state index is -0.819. The van der Waals surface area contributed by atoms with Crippen molar-refractivity contribution in [2.24, 2.45) is 0 Å². The predicted octanol–water partition coefficient (Wildman–Crippen LogP) is 3.39. The molecule has 1 N–H and O–H groups in total. The average molecular weight is 269 g/mol. The summed E-state index contributed by atoms with van der Waals surface area (Å²) in [6, 6.07) is 15.8. The number of hydrogen-bond acceptors (Lipinski definition) is 2. The molecule has 20 heavy (non-hydrogen) atoms. The Morgan fingerprint density at radius 2 is 1.60 bits per heavy atom. The monoisotopic (exact) mass is 269 g/mol. The number of nitrogens with zero attached hydrogens (tertiary/aromatic N) is 1. The molecule has 3 nitrogen and oxygen atoms in total. The Bertz CT molecular complexity index is 573. The third-order valence-electron chi connectivity index (χ3n) is 3.44. The SMILES string of the molecule is Cc1cccc(C)c1CN(CC(=O)O)c1ccccc1. The molecule has 2 aromatic carbocycles. The Morgan fingerprint density at radius 3 is 2.15 bits per heavy atom. The minimum Gasteiger partial charge on any atom is -0.480 e. The largest absolute Gasteiger partial charge is 0.480 e. The fourth-order valence-corrected chi connectivity index (χ4v) is 2.33. The molecule has 0 unspecified atom stereocenters. The highest BCUT2D eigenvalue weighted by Gasteiger charge is 2.13. The first kappa shape index (κ1) is 14.1. The van der Waals surface area contributed by atoms with Crippen LogP contribution in [0.25, 0.3) is 0 Å². The number of rotatable bonds is 5. The molecule has 0 saturated carbocycles. The molecule has 0 saturated heterocycles. The van der Waals surface area contributed by atoms with Crippen LogP contribution in [-0.2, 0) is 11.3 Å². The minimum absolute atomic E-state index is 0.00219. The van der Waals surface area contributed by atoms with Crippen molar-refractivity contribution in [3.63, 3.8) is 0 Å². The summed E-state index contributed by atoms with van der Waals surface area (Å²) in [5.41, 5.74) is 4.50. The Hall–Kier alpha value is -2.29. The summed E-state index contributed by atoms with van der Waals surface area (Å²) in [6.07, 6.45) is 0. The van der Waals surface area contributed by atoms with Gasteiger partial charge in [0.05, 0.1) is 0 Å². The summed E-state index contributed by atoms with van der Waals surface area (Å²) in [4.78, 5) is 13.0. The zero-order valence-electron chi connectivity index (χ0n) is 11.8. The third kappa shape index (κ3) is 3.38. The molecule has 104 valence electrons. The molecule has 0 aromatic heterocycles. The fraction of sp³-hybridized carbons (Fsp3) is 0.235. The number of hydrogen-bond donors (Lipinski definition) is 1. The standard InChI is InChI=1S/C17H19NO2/c1-13-7-6-8-14(2)16(13)11-18(12-17(19)20)15-9-4-3-5-10-15/h3-10H,11-12H2,1-2H3,(H,19,20). The van der Waals surface area contributed by atoms with E-state index in [1.165, 1.54) is 16.7 Å². The van der Waals surface area contributed by atoms with E-state index in [4.69, 9.17) is 5.11 Å². The van der Waals surface area contributed by atoms with Gasteiger partial charge in [-0.2, -0.15) is 0 Å². The molecule has 0 aliphatic carbocycles. The van der Waals surface area contributed by atoms with Crippen LogP contribution < -0.4 is 4.90 Å². The maximum Gasteiger partial charge on any atom is 0.323 e. The van der Waals surface area contributed by atoms with Gasteiger partial charge in [0.1, 0.15) is 6.54 Å². The highest BCUT2D eigenvalue weighted by molar-refractivity contribution is 5.73. The summed E-state index contributed by atoms with van der Waals surface area (Å²) in [5, 5.41) is 9.12. The summed E-state index contributed by atoms with van der Waals surface area (Å²) in [5.74, 6) is -0.819. The quantitative estimate of drug-likeness (QED) is 0.904. The Kier molecular flexibility index (Phi) is 4.41. The van der Waals surface area contributed by atoms with E-state index in [2.05, 4.69) is 26.0 Å². The van der Waals surface area contributed by atoms with Crippen LogP contribution in [0.15, 0.2) is 48.5 Å². The Labute approximate surface area is 119 Å². The van der Waals surface area contributed by atoms with Gasteiger partial charge >= 0.3 is 5.97 Å². The van der Waals surface area contributed by atoms with E-state index in [1.54, 1.807) is 0 Å². The zero-order chi connectivity index (χ0) is 14.5. The van der Waals surface area contributed by atoms with Crippen LogP contribution in [0, 0.1) is 13.8 Å². The number of aryl methyl sites for hydroxylation is 2. The van der Waals surface area contributed by atoms with E-state index < -0.39 is 5.97 Å². The molecule has 2 aromatic rings. The summed E-state index contributed by atoms with van der Waals surface area (Å²) < 4.78 is 0. The maximum absolute atomic E-state index is 11.1. The van der Waals surface area contributed by atoms with Crippen molar-refractivity contribution in [1.82, 2.24) is 0 Å². The molecule has 0 atom stereocenters. The van der Waals surface area contributed by atoms with Gasteiger partial charge in [0.15, 0.2) is 0 Å². The van der Waals surface area contributed by atoms with Gasteiger partial charge in [-0.05, 0) is 42.7 Å². The van der Waals surface area contributed by atoms with Crippen LogP contribution >= 0.6 is 0 Å². The number of benzene rings is 2. The average Bonchev–Trinajstić information content (AvgIpc) is 2.42. The number of aliphatic carboxylic acids is 1. The van der Waals surface area contributed by atoms with Crippen LogP contribution in [-0.4, -0.2) is 17.6 Å². The van der Waals surface area contributed by atoms with Crippen LogP contribution in [0.2, 0.25) is 0 Å². The molecule has 0 bridgehead atoms. The van der Waals surface area contributed by atoms with Crippen molar-refractivity contribution in [2.75, 3.05) is 11.4 Å². The van der Waals surface area contributed by atoms with Crippen molar-refractivity contribution in [3.05, 3.63) is 65.2 Å². The van der Waals surface area contributed by atoms with Crippen molar-refractivity contribution >= 4 is 11.7 Å². The lowest BCUT2D eigenvalue weighted by atomic mass is 10.0. The van der Waals surface area contributed by atoms with Gasteiger partial charge in [0, 0.05) is 12.2 Å². The molecular weight excluding hydrogens is 250 g/mol. The van der Waals surface area contributed by atoms with Crippen LogP contribution in [0.1, 0.15) is 16.7 Å². The smallest absolute Gasteiger partial charge is 0.323 e. The van der Waals surface area contributed by atoms with Crippen molar-refractivity contribution in [1.29, 1.82) is 0 Å². The fourth-order valence-electron chi connectivity index (χ4n) is 2.33. The molecule has 0 heterocycles. The first-order valence-electron chi connectivity index (χ1n) is 6.65. The zero-order valence-corrected chi connectivity index (χ0v) is 11.8. The van der Waals surface area contributed by atoms with Gasteiger partial charge in [-0.25, -0.2) is 0 Å². The predicted molar refractivity (Wildman–Crippen MR) is 81.0 cm³/mol. The normalized spacial score (nSPS) is 10.3. The molecule has 3 heteroatoms. The number of carboxylic acid groups (broad SMARTS) is 1. The van der Waals surface area contributed by atoms with Crippen molar-refractivity contribution < 1.29 is 9.90 Å². The molecule has 0 aliphatic rings. The first-order chi connectivity index (χ1) is 9.58. The second-order valence-corrected chi connectivity index (χ2v) is 4.96. The third-order valence-corrected chi connectivity index (χ3v) is 3.44. The molecule has 0 spiro atoms. The lowest BCUT2D eigenvalue weighted by Gasteiger charge is -2.24. The summed E-state index contributed by atoms with van der Waals surface area (Å²) in [7, 11) is 0. The van der Waals surface area contributed by atoms with E-state index in [0.29, 0.717) is 6.54 Å². The first-order valence-corrected chi connectivity index (χ1v) is 6.65. The molecule has 0 fully saturated rings. The van der Waals surface area contributed by atoms with Crippen LogP contribution in [0.4, 0.5) is 5.69 Å². The summed E-state index contributed by atoms with van der Waals surface area (Å²) in [6.45, 7) is 4.73. The molecule has 2 rings (SSSR count). The summed E-state index contributed by atoms with van der Waals surface area (Å²) >= 11 is 0. The molecule has 0 amide bonds. The van der Waals surface area contributed by atoms with Crippen LogP contribution in [0.3, 0.4) is 0 Å². The number of carboxylic acids is 1. The van der Waals surface area contributed by atoms with Gasteiger partial charge in [-0.1, -0.05) is 36.4 Å². The van der Waals surface area contributed by atoms with E-state index >= 15 is 0 Å². The van der Waals surface area contributed by atoms with E-state index in [-0.39, 0.29) is 6.54 Å². The Morgan fingerprint density at radius 1 is 1.00 bits per heavy atom. The van der Waals surface area contributed by atoms with Gasteiger partial charge in [-0.15, -0.1) is 0 Å². The van der Waals surface area contributed by atoms with Gasteiger partial charge < -0.3 is 10.0 Å². The molecular formula is C17H19NO2. The number of anilines is 1. The Balaban J connectivity index is 2.31. The molecule has 0 aliphatic heterocycles. The molecule has 0 radical (unpaired) electrons. The van der Waals surface area contributed by atoms with E-state index in [9.17, 15) is 4.79 Å². The lowest BCUT2D eigenvalue weighted by Crippen LogP contribution is -2.29. The van der Waals surface area contributed by atoms with E-state index in [1.807, 2.05) is 41.3 Å². The second-order valence-electron chi connectivity index (χ2n) is 4.96. The highest BCUT2D eigenvalue weighted by Crippen LogP contribution is 2.20. The maximum atomic E-state index is 11.1. The number of para-hydroxylation sites is 1. The van der Waals surface area contributed by atoms with Gasteiger partial charge in [0.2, 0.25) is 0 Å².